The summed E-state index contributed by atoms with van der Waals surface area (Å²) in [6.45, 7) is 11.1. The maximum atomic E-state index is 5.63. The van der Waals surface area contributed by atoms with E-state index in [1.54, 1.807) is 14.2 Å². The molecule has 1 saturated heterocycles. The molecule has 4 nitrogen and oxygen atoms in total. The van der Waals surface area contributed by atoms with E-state index in [0.717, 1.165) is 37.7 Å². The Morgan fingerprint density at radius 1 is 1.10 bits per heavy atom. The quantitative estimate of drug-likeness (QED) is 0.925. The van der Waals surface area contributed by atoms with Crippen molar-refractivity contribution in [1.82, 2.24) is 10.2 Å². The van der Waals surface area contributed by atoms with Crippen LogP contribution in [-0.2, 0) is 0 Å². The van der Waals surface area contributed by atoms with Crippen molar-refractivity contribution < 1.29 is 9.47 Å². The largest absolute Gasteiger partial charge is 0.497 e. The first-order chi connectivity index (χ1) is 9.97. The molecule has 21 heavy (non-hydrogen) atoms. The first-order valence-corrected chi connectivity index (χ1v) is 7.64. The minimum atomic E-state index is 0.138. The molecule has 1 heterocycles. The van der Waals surface area contributed by atoms with E-state index in [2.05, 4.69) is 37.1 Å². The molecule has 0 amide bonds. The Morgan fingerprint density at radius 2 is 1.76 bits per heavy atom. The number of ether oxygens (including phenoxy) is 2. The van der Waals surface area contributed by atoms with E-state index >= 15 is 0 Å². The summed E-state index contributed by atoms with van der Waals surface area (Å²) < 4.78 is 11.0. The van der Waals surface area contributed by atoms with Crippen LogP contribution in [0.3, 0.4) is 0 Å². The maximum absolute atomic E-state index is 5.63. The Balaban J connectivity index is 2.40. The molecule has 1 aliphatic rings. The zero-order valence-electron chi connectivity index (χ0n) is 13.9. The van der Waals surface area contributed by atoms with Crippen molar-refractivity contribution in [3.63, 3.8) is 0 Å². The van der Waals surface area contributed by atoms with Gasteiger partial charge in [0.15, 0.2) is 0 Å². The molecule has 118 valence electrons. The lowest BCUT2D eigenvalue weighted by Crippen LogP contribution is -2.48. The number of benzene rings is 1. The molecule has 0 radical (unpaired) electrons. The van der Waals surface area contributed by atoms with Crippen LogP contribution in [0.2, 0.25) is 0 Å². The minimum Gasteiger partial charge on any atom is -0.497 e. The molecule has 1 aromatic carbocycles. The molecule has 0 aromatic heterocycles. The van der Waals surface area contributed by atoms with Gasteiger partial charge in [0.1, 0.15) is 11.5 Å². The fourth-order valence-corrected chi connectivity index (χ4v) is 3.20. The van der Waals surface area contributed by atoms with E-state index in [-0.39, 0.29) is 5.41 Å². The molecule has 4 heteroatoms. The monoisotopic (exact) mass is 292 g/mol. The standard InChI is InChI=1S/C17H28N2O2/c1-17(2,3)16(19-10-8-18-9-11-19)14-7-6-13(20-4)12-15(14)21-5/h6-7,12,16,18H,8-11H2,1-5H3/t16-/m1/s1. The summed E-state index contributed by atoms with van der Waals surface area (Å²) in [5, 5.41) is 3.43. The Morgan fingerprint density at radius 3 is 2.29 bits per heavy atom. The normalized spacial score (nSPS) is 18.3. The fraction of sp³-hybridized carbons (Fsp3) is 0.647. The second-order valence-corrected chi connectivity index (χ2v) is 6.66. The van der Waals surface area contributed by atoms with E-state index in [9.17, 15) is 0 Å². The third-order valence-corrected chi connectivity index (χ3v) is 4.07. The van der Waals surface area contributed by atoms with Crippen LogP contribution in [0.15, 0.2) is 18.2 Å². The SMILES string of the molecule is COc1ccc([C@@H](N2CCNCC2)C(C)(C)C)c(OC)c1. The summed E-state index contributed by atoms with van der Waals surface area (Å²) in [6.07, 6.45) is 0. The zero-order valence-corrected chi connectivity index (χ0v) is 13.9. The van der Waals surface area contributed by atoms with Gasteiger partial charge in [-0.05, 0) is 11.5 Å². The van der Waals surface area contributed by atoms with Gasteiger partial charge in [0.05, 0.1) is 14.2 Å². The Bertz CT molecular complexity index is 462. The molecule has 1 fully saturated rings. The highest BCUT2D eigenvalue weighted by Crippen LogP contribution is 2.42. The van der Waals surface area contributed by atoms with E-state index in [4.69, 9.17) is 9.47 Å². The fourth-order valence-electron chi connectivity index (χ4n) is 3.20. The number of hydrogen-bond donors (Lipinski definition) is 1. The average molecular weight is 292 g/mol. The molecule has 0 spiro atoms. The van der Waals surface area contributed by atoms with Crippen LogP contribution >= 0.6 is 0 Å². The van der Waals surface area contributed by atoms with Crippen LogP contribution in [0.1, 0.15) is 32.4 Å². The molecule has 1 aromatic rings. The van der Waals surface area contributed by atoms with Gasteiger partial charge in [-0.25, -0.2) is 0 Å². The van der Waals surface area contributed by atoms with E-state index < -0.39 is 0 Å². The van der Waals surface area contributed by atoms with Crippen molar-refractivity contribution in [1.29, 1.82) is 0 Å². The molecule has 1 atom stereocenters. The van der Waals surface area contributed by atoms with Gasteiger partial charge in [-0.15, -0.1) is 0 Å². The highest BCUT2D eigenvalue weighted by Gasteiger charge is 2.34. The van der Waals surface area contributed by atoms with Crippen LogP contribution in [0.25, 0.3) is 0 Å². The van der Waals surface area contributed by atoms with Crippen LogP contribution < -0.4 is 14.8 Å². The van der Waals surface area contributed by atoms with Gasteiger partial charge in [0.25, 0.3) is 0 Å². The lowest BCUT2D eigenvalue weighted by molar-refractivity contribution is 0.0841. The summed E-state index contributed by atoms with van der Waals surface area (Å²) in [5.74, 6) is 1.75. The van der Waals surface area contributed by atoms with E-state index in [0.29, 0.717) is 6.04 Å². The molecule has 1 aliphatic heterocycles. The lowest BCUT2D eigenvalue weighted by Gasteiger charge is -2.43. The number of methoxy groups -OCH3 is 2. The predicted octanol–water partition coefficient (Wildman–Crippen LogP) is 2.70. The Hall–Kier alpha value is -1.26. The van der Waals surface area contributed by atoms with Crippen molar-refractivity contribution in [3.8, 4) is 11.5 Å². The van der Waals surface area contributed by atoms with Gasteiger partial charge >= 0.3 is 0 Å². The summed E-state index contributed by atoms with van der Waals surface area (Å²) in [7, 11) is 3.42. The van der Waals surface area contributed by atoms with Crippen molar-refractivity contribution in [2.45, 2.75) is 26.8 Å². The van der Waals surface area contributed by atoms with Crippen molar-refractivity contribution in [2.75, 3.05) is 40.4 Å². The second-order valence-electron chi connectivity index (χ2n) is 6.66. The summed E-state index contributed by atoms with van der Waals surface area (Å²) >= 11 is 0. The summed E-state index contributed by atoms with van der Waals surface area (Å²) in [4.78, 5) is 2.56. The summed E-state index contributed by atoms with van der Waals surface area (Å²) in [6, 6.07) is 6.49. The highest BCUT2D eigenvalue weighted by atomic mass is 16.5. The van der Waals surface area contributed by atoms with E-state index in [1.807, 2.05) is 12.1 Å². The van der Waals surface area contributed by atoms with Gasteiger partial charge in [-0.3, -0.25) is 4.90 Å². The van der Waals surface area contributed by atoms with Crippen molar-refractivity contribution in [3.05, 3.63) is 23.8 Å². The summed E-state index contributed by atoms with van der Waals surface area (Å²) in [5.41, 5.74) is 1.38. The molecule has 0 bridgehead atoms. The average Bonchev–Trinajstić information content (AvgIpc) is 2.47. The van der Waals surface area contributed by atoms with Gasteiger partial charge in [-0.2, -0.15) is 0 Å². The van der Waals surface area contributed by atoms with E-state index in [1.165, 1.54) is 5.56 Å². The van der Waals surface area contributed by atoms with Crippen molar-refractivity contribution in [2.24, 2.45) is 5.41 Å². The highest BCUT2D eigenvalue weighted by molar-refractivity contribution is 5.43. The molecule has 0 saturated carbocycles. The maximum Gasteiger partial charge on any atom is 0.127 e. The van der Waals surface area contributed by atoms with Gasteiger partial charge in [0.2, 0.25) is 0 Å². The van der Waals surface area contributed by atoms with Gasteiger partial charge in [0, 0.05) is 43.9 Å². The van der Waals surface area contributed by atoms with Crippen LogP contribution in [0.5, 0.6) is 11.5 Å². The number of nitrogens with zero attached hydrogens (tertiary/aromatic N) is 1. The number of nitrogens with one attached hydrogen (secondary N) is 1. The Kier molecular flexibility index (Phi) is 5.12. The van der Waals surface area contributed by atoms with Crippen LogP contribution in [0.4, 0.5) is 0 Å². The molecule has 0 aliphatic carbocycles. The number of piperazine rings is 1. The third-order valence-electron chi connectivity index (χ3n) is 4.07. The van der Waals surface area contributed by atoms with Crippen LogP contribution in [-0.4, -0.2) is 45.3 Å². The van der Waals surface area contributed by atoms with Crippen molar-refractivity contribution >= 4 is 0 Å². The molecular weight excluding hydrogens is 264 g/mol. The minimum absolute atomic E-state index is 0.138. The third kappa shape index (κ3) is 3.69. The molecule has 2 rings (SSSR count). The molecular formula is C17H28N2O2. The number of rotatable bonds is 4. The topological polar surface area (TPSA) is 33.7 Å². The Labute approximate surface area is 128 Å². The van der Waals surface area contributed by atoms with Gasteiger partial charge in [-0.1, -0.05) is 26.8 Å². The van der Waals surface area contributed by atoms with Gasteiger partial charge < -0.3 is 14.8 Å². The zero-order chi connectivity index (χ0) is 15.5. The smallest absolute Gasteiger partial charge is 0.127 e. The lowest BCUT2D eigenvalue weighted by atomic mass is 9.80. The predicted molar refractivity (Wildman–Crippen MR) is 86.2 cm³/mol. The number of hydrogen-bond acceptors (Lipinski definition) is 4. The first-order valence-electron chi connectivity index (χ1n) is 7.64. The molecule has 1 N–H and O–H groups in total. The molecule has 0 unspecified atom stereocenters. The second kappa shape index (κ2) is 6.67. The first kappa shape index (κ1) is 16.1. The van der Waals surface area contributed by atoms with Crippen LogP contribution in [0, 0.1) is 5.41 Å².